The highest BCUT2D eigenvalue weighted by molar-refractivity contribution is 6.99. The van der Waals surface area contributed by atoms with E-state index < -0.39 is 19.7 Å². The van der Waals surface area contributed by atoms with Crippen LogP contribution in [-0.2, 0) is 14.0 Å². The maximum atomic E-state index is 13.6. The first-order valence-corrected chi connectivity index (χ1v) is 14.7. The fourth-order valence-electron chi connectivity index (χ4n) is 5.66. The summed E-state index contributed by atoms with van der Waals surface area (Å²) in [5.41, 5.74) is -0.896. The summed E-state index contributed by atoms with van der Waals surface area (Å²) in [5.74, 6) is 0.224. The second-order valence-corrected chi connectivity index (χ2v) is 15.7. The number of benzene rings is 2. The van der Waals surface area contributed by atoms with E-state index in [1.54, 1.807) is 0 Å². The molecule has 0 aromatic heterocycles. The summed E-state index contributed by atoms with van der Waals surface area (Å²) in [4.78, 5) is 13.6. The molecule has 0 radical (unpaired) electrons. The van der Waals surface area contributed by atoms with Gasteiger partial charge in [0.25, 0.3) is 8.32 Å². The molecule has 3 nitrogen and oxygen atoms in total. The Labute approximate surface area is 206 Å². The van der Waals surface area contributed by atoms with Crippen LogP contribution in [0.2, 0.25) is 5.04 Å². The van der Waals surface area contributed by atoms with E-state index in [1.165, 1.54) is 10.4 Å². The van der Waals surface area contributed by atoms with E-state index in [9.17, 15) is 4.79 Å². The Kier molecular flexibility index (Phi) is 6.80. The molecule has 4 rings (SSSR count). The molecule has 1 aliphatic carbocycles. The topological polar surface area (TPSA) is 38.8 Å². The number of Topliss-reactive ketones (excluding diaryl/α,β-unsaturated/α-hetero) is 1. The maximum absolute atomic E-state index is 13.6. The highest BCUT2D eigenvalue weighted by Crippen LogP contribution is 2.57. The smallest absolute Gasteiger partial charge is 0.265 e. The second-order valence-electron chi connectivity index (χ2n) is 11.5. The molecule has 0 unspecified atom stereocenters. The van der Waals surface area contributed by atoms with Crippen molar-refractivity contribution in [2.45, 2.75) is 83.7 Å². The van der Waals surface area contributed by atoms with Gasteiger partial charge in [0.15, 0.2) is 17.2 Å². The van der Waals surface area contributed by atoms with Crippen molar-refractivity contribution in [2.75, 3.05) is 0 Å². The molecule has 1 heterocycles. The van der Waals surface area contributed by atoms with Gasteiger partial charge in [-0.1, -0.05) is 107 Å². The lowest BCUT2D eigenvalue weighted by atomic mass is 9.85. The molecule has 0 amide bonds. The summed E-state index contributed by atoms with van der Waals surface area (Å²) in [5, 5.41) is 2.25. The van der Waals surface area contributed by atoms with Gasteiger partial charge in [-0.05, 0) is 47.0 Å². The van der Waals surface area contributed by atoms with E-state index in [4.69, 9.17) is 9.16 Å². The van der Waals surface area contributed by atoms with Gasteiger partial charge in [0.05, 0.1) is 0 Å². The Morgan fingerprint density at radius 1 is 1.00 bits per heavy atom. The predicted molar refractivity (Wildman–Crippen MR) is 142 cm³/mol. The first kappa shape index (κ1) is 25.1. The van der Waals surface area contributed by atoms with Crippen LogP contribution in [0.1, 0.15) is 67.2 Å². The van der Waals surface area contributed by atoms with Crippen molar-refractivity contribution in [3.05, 3.63) is 72.8 Å². The third-order valence-electron chi connectivity index (χ3n) is 7.91. The SMILES string of the molecule is CC(C)[C@H]1/C=C\CC[C@]2(O[Si](c3ccccc3)(c3ccccc3)C(C)(C)C)O[C@]2(C)C(=O)CC1. The molecule has 182 valence electrons. The molecule has 0 bridgehead atoms. The van der Waals surface area contributed by atoms with Gasteiger partial charge in [-0.2, -0.15) is 0 Å². The average molecular weight is 477 g/mol. The summed E-state index contributed by atoms with van der Waals surface area (Å²) in [6.45, 7) is 13.2. The molecule has 1 saturated heterocycles. The van der Waals surface area contributed by atoms with Gasteiger partial charge in [-0.3, -0.25) is 4.79 Å². The normalized spacial score (nSPS) is 28.9. The van der Waals surface area contributed by atoms with Crippen molar-refractivity contribution in [1.29, 1.82) is 0 Å². The number of ether oxygens (including phenoxy) is 1. The second kappa shape index (κ2) is 9.22. The maximum Gasteiger partial charge on any atom is 0.265 e. The quantitative estimate of drug-likeness (QED) is 0.301. The number of fused-ring (bicyclic) bond motifs is 1. The molecule has 2 aromatic carbocycles. The molecule has 0 saturated carbocycles. The number of hydrogen-bond acceptors (Lipinski definition) is 3. The number of epoxide rings is 1. The fourth-order valence-corrected chi connectivity index (χ4v) is 10.4. The van der Waals surface area contributed by atoms with Gasteiger partial charge in [0.1, 0.15) is 0 Å². The number of carbonyl (C=O) groups is 1. The van der Waals surface area contributed by atoms with E-state index in [-0.39, 0.29) is 10.8 Å². The van der Waals surface area contributed by atoms with Crippen molar-refractivity contribution in [3.8, 4) is 0 Å². The molecule has 2 aromatic rings. The van der Waals surface area contributed by atoms with E-state index in [2.05, 4.69) is 107 Å². The van der Waals surface area contributed by atoms with Crippen LogP contribution in [0.4, 0.5) is 0 Å². The lowest BCUT2D eigenvalue weighted by Crippen LogP contribution is -2.69. The van der Waals surface area contributed by atoms with Crippen molar-refractivity contribution in [3.63, 3.8) is 0 Å². The Bertz CT molecular complexity index is 985. The van der Waals surface area contributed by atoms with Crippen LogP contribution in [0.5, 0.6) is 0 Å². The largest absolute Gasteiger partial charge is 0.378 e. The Morgan fingerprint density at radius 2 is 1.56 bits per heavy atom. The molecule has 0 N–H and O–H groups in total. The van der Waals surface area contributed by atoms with Crippen LogP contribution < -0.4 is 10.4 Å². The van der Waals surface area contributed by atoms with Gasteiger partial charge in [0, 0.05) is 12.8 Å². The molecule has 1 aliphatic heterocycles. The average Bonchev–Trinajstić information content (AvgIpc) is 3.41. The van der Waals surface area contributed by atoms with Crippen LogP contribution >= 0.6 is 0 Å². The van der Waals surface area contributed by atoms with Crippen molar-refractivity contribution in [2.24, 2.45) is 11.8 Å². The Morgan fingerprint density at radius 3 is 2.06 bits per heavy atom. The van der Waals surface area contributed by atoms with Crippen LogP contribution in [0.15, 0.2) is 72.8 Å². The van der Waals surface area contributed by atoms with Gasteiger partial charge in [-0.25, -0.2) is 0 Å². The molecule has 2 aliphatic rings. The summed E-state index contributed by atoms with van der Waals surface area (Å²) < 4.78 is 13.9. The van der Waals surface area contributed by atoms with Crippen molar-refractivity contribution < 1.29 is 14.0 Å². The lowest BCUT2D eigenvalue weighted by Gasteiger charge is -2.45. The summed E-state index contributed by atoms with van der Waals surface area (Å²) in [7, 11) is -2.84. The third kappa shape index (κ3) is 4.25. The minimum Gasteiger partial charge on any atom is -0.378 e. The summed E-state index contributed by atoms with van der Waals surface area (Å²) in [6, 6.07) is 21.2. The fraction of sp³-hybridized carbons (Fsp3) is 0.500. The minimum absolute atomic E-state index is 0.172. The zero-order valence-corrected chi connectivity index (χ0v) is 22.6. The van der Waals surface area contributed by atoms with Gasteiger partial charge >= 0.3 is 0 Å². The Balaban J connectivity index is 1.82. The first-order chi connectivity index (χ1) is 16.1. The van der Waals surface area contributed by atoms with Crippen LogP contribution in [-0.4, -0.2) is 25.5 Å². The third-order valence-corrected chi connectivity index (χ3v) is 12.9. The molecule has 34 heavy (non-hydrogen) atoms. The highest BCUT2D eigenvalue weighted by Gasteiger charge is 2.75. The zero-order valence-electron chi connectivity index (χ0n) is 21.6. The van der Waals surface area contributed by atoms with E-state index >= 15 is 0 Å². The number of carbonyl (C=O) groups excluding carboxylic acids is 1. The van der Waals surface area contributed by atoms with E-state index in [0.717, 1.165) is 12.8 Å². The van der Waals surface area contributed by atoms with Crippen molar-refractivity contribution in [1.82, 2.24) is 0 Å². The number of ketones is 1. The zero-order chi connectivity index (χ0) is 24.6. The number of rotatable bonds is 5. The summed E-state index contributed by atoms with van der Waals surface area (Å²) in [6.07, 6.45) is 7.49. The number of allylic oxidation sites excluding steroid dienone is 2. The van der Waals surface area contributed by atoms with Crippen LogP contribution in [0.3, 0.4) is 0 Å². The minimum atomic E-state index is -2.84. The van der Waals surface area contributed by atoms with Gasteiger partial charge < -0.3 is 9.16 Å². The summed E-state index contributed by atoms with van der Waals surface area (Å²) >= 11 is 0. The molecule has 1 fully saturated rings. The molecule has 4 heteroatoms. The van der Waals surface area contributed by atoms with E-state index in [1.807, 2.05) is 6.92 Å². The monoisotopic (exact) mass is 476 g/mol. The predicted octanol–water partition coefficient (Wildman–Crippen LogP) is 6.02. The van der Waals surface area contributed by atoms with Crippen LogP contribution in [0, 0.1) is 11.8 Å². The molecular weight excluding hydrogens is 436 g/mol. The standard InChI is InChI=1S/C30H40O3Si/c1-23(2)24-15-13-14-22-30(29(6,32-30)27(31)21-20-24)33-34(28(3,4)5,25-16-9-7-10-17-25)26-18-11-8-12-19-26/h7-13,15-19,23-24H,14,20-22H2,1-6H3/b15-13-/t24-,29+,30+/m0/s1. The molecule has 3 atom stereocenters. The molecular formula is C30H40O3Si. The lowest BCUT2D eigenvalue weighted by molar-refractivity contribution is -0.124. The first-order valence-electron chi connectivity index (χ1n) is 12.8. The van der Waals surface area contributed by atoms with Gasteiger partial charge in [-0.15, -0.1) is 0 Å². The number of hydrogen-bond donors (Lipinski definition) is 0. The Hall–Kier alpha value is -2.01. The van der Waals surface area contributed by atoms with Crippen LogP contribution in [0.25, 0.3) is 0 Å². The highest BCUT2D eigenvalue weighted by atomic mass is 28.4. The molecule has 0 spiro atoms. The van der Waals surface area contributed by atoms with Crippen molar-refractivity contribution >= 4 is 24.5 Å². The van der Waals surface area contributed by atoms with Gasteiger partial charge in [0.2, 0.25) is 0 Å². The van der Waals surface area contributed by atoms with E-state index in [0.29, 0.717) is 24.7 Å².